The van der Waals surface area contributed by atoms with E-state index < -0.39 is 34.6 Å². The molecule has 8 nitrogen and oxygen atoms in total. The number of benzene rings is 1. The molecule has 33 heavy (non-hydrogen) atoms. The minimum atomic E-state index is -0.964. The van der Waals surface area contributed by atoms with Crippen molar-refractivity contribution in [2.45, 2.75) is 44.8 Å². The number of hydrogen-bond donors (Lipinski definition) is 2. The lowest BCUT2D eigenvalue weighted by molar-refractivity contribution is 0.0505. The van der Waals surface area contributed by atoms with E-state index in [4.69, 9.17) is 0 Å². The highest BCUT2D eigenvalue weighted by Crippen LogP contribution is 2.35. The molecule has 2 N–H and O–H groups in total. The van der Waals surface area contributed by atoms with Crippen molar-refractivity contribution in [2.75, 3.05) is 18.1 Å². The molecular weight excluding hydrogens is 434 g/mol. The Balaban J connectivity index is 1.47. The predicted octanol–water partition coefficient (Wildman–Crippen LogP) is 2.08. The number of carbonyl (C=O) groups excluding carboxylic acids is 2. The van der Waals surface area contributed by atoms with Crippen molar-refractivity contribution in [3.05, 3.63) is 63.1 Å². The van der Waals surface area contributed by atoms with E-state index >= 15 is 0 Å². The fourth-order valence-electron chi connectivity index (χ4n) is 4.61. The Hall–Kier alpha value is -3.43. The van der Waals surface area contributed by atoms with E-state index in [2.05, 4.69) is 5.32 Å². The summed E-state index contributed by atoms with van der Waals surface area (Å²) in [6.07, 6.45) is 5.78. The van der Waals surface area contributed by atoms with Gasteiger partial charge in [0.2, 0.25) is 5.43 Å². The van der Waals surface area contributed by atoms with Crippen LogP contribution in [0.4, 0.5) is 8.78 Å². The van der Waals surface area contributed by atoms with Gasteiger partial charge in [-0.3, -0.25) is 24.1 Å². The first-order valence-corrected chi connectivity index (χ1v) is 11.1. The Morgan fingerprint density at radius 2 is 1.94 bits per heavy atom. The van der Waals surface area contributed by atoms with Crippen LogP contribution in [0.25, 0.3) is 0 Å². The van der Waals surface area contributed by atoms with Gasteiger partial charge in [-0.1, -0.05) is 6.07 Å². The SMILES string of the molecule is O=C(NCc1ccc(F)cc1F)c1cn2c(c(O)c1=O)C(=O)N(CC1CC1)[C@@H]1CCCCN12. The van der Waals surface area contributed by atoms with E-state index in [0.29, 0.717) is 25.1 Å². The summed E-state index contributed by atoms with van der Waals surface area (Å²) in [6, 6.07) is 2.98. The number of amides is 2. The third-order valence-corrected chi connectivity index (χ3v) is 6.56. The van der Waals surface area contributed by atoms with Gasteiger partial charge >= 0.3 is 0 Å². The number of pyridine rings is 1. The van der Waals surface area contributed by atoms with E-state index in [1.54, 1.807) is 4.90 Å². The van der Waals surface area contributed by atoms with Crippen LogP contribution in [0.15, 0.2) is 29.2 Å². The zero-order valence-corrected chi connectivity index (χ0v) is 17.9. The summed E-state index contributed by atoms with van der Waals surface area (Å²) >= 11 is 0. The van der Waals surface area contributed by atoms with Gasteiger partial charge in [-0.15, -0.1) is 0 Å². The van der Waals surface area contributed by atoms with Crippen LogP contribution in [-0.4, -0.2) is 45.8 Å². The van der Waals surface area contributed by atoms with Gasteiger partial charge in [0.05, 0.1) is 0 Å². The summed E-state index contributed by atoms with van der Waals surface area (Å²) in [5, 5.41) is 15.0. The molecule has 174 valence electrons. The zero-order valence-electron chi connectivity index (χ0n) is 17.9. The monoisotopic (exact) mass is 458 g/mol. The first-order valence-electron chi connectivity index (χ1n) is 11.1. The minimum Gasteiger partial charge on any atom is -0.502 e. The molecule has 2 aromatic rings. The van der Waals surface area contributed by atoms with Crippen molar-refractivity contribution >= 4 is 11.8 Å². The van der Waals surface area contributed by atoms with Gasteiger partial charge in [0.1, 0.15) is 23.4 Å². The smallest absolute Gasteiger partial charge is 0.278 e. The molecule has 10 heteroatoms. The number of halogens is 2. The van der Waals surface area contributed by atoms with Crippen LogP contribution in [0.3, 0.4) is 0 Å². The maximum atomic E-state index is 13.9. The van der Waals surface area contributed by atoms with Gasteiger partial charge in [-0.25, -0.2) is 8.78 Å². The largest absolute Gasteiger partial charge is 0.502 e. The van der Waals surface area contributed by atoms with Crippen molar-refractivity contribution in [1.82, 2.24) is 14.9 Å². The van der Waals surface area contributed by atoms with Crippen LogP contribution in [0.5, 0.6) is 5.75 Å². The molecule has 1 saturated heterocycles. The van der Waals surface area contributed by atoms with Crippen LogP contribution in [0.2, 0.25) is 0 Å². The van der Waals surface area contributed by atoms with Crippen LogP contribution >= 0.6 is 0 Å². The average Bonchev–Trinajstić information content (AvgIpc) is 3.62. The molecule has 2 amide bonds. The summed E-state index contributed by atoms with van der Waals surface area (Å²) in [7, 11) is 0. The summed E-state index contributed by atoms with van der Waals surface area (Å²) in [4.78, 5) is 40.6. The van der Waals surface area contributed by atoms with Gasteiger partial charge in [0, 0.05) is 37.5 Å². The highest BCUT2D eigenvalue weighted by atomic mass is 19.1. The first-order chi connectivity index (χ1) is 15.8. The lowest BCUT2D eigenvalue weighted by Crippen LogP contribution is -2.63. The number of nitrogens with zero attached hydrogens (tertiary/aromatic N) is 3. The first kappa shape index (κ1) is 21.4. The lowest BCUT2D eigenvalue weighted by atomic mass is 10.0. The molecule has 0 bridgehead atoms. The third-order valence-electron chi connectivity index (χ3n) is 6.56. The molecule has 1 aliphatic carbocycles. The second-order valence-corrected chi connectivity index (χ2v) is 8.87. The summed E-state index contributed by atoms with van der Waals surface area (Å²) in [6.45, 7) is 0.919. The number of hydrogen-bond acceptors (Lipinski definition) is 5. The maximum Gasteiger partial charge on any atom is 0.278 e. The molecule has 1 aromatic carbocycles. The van der Waals surface area contributed by atoms with Crippen molar-refractivity contribution in [3.63, 3.8) is 0 Å². The standard InChI is InChI=1S/C23H24F2N4O4/c24-15-7-6-14(17(25)9-15)10-26-22(32)16-12-29-19(21(31)20(16)30)23(33)27(11-13-4-5-13)18-3-1-2-8-28(18)29/h6-7,9,12-13,18,31H,1-5,8,10-11H2,(H,26,32)/t18-/m0/s1. The molecule has 1 saturated carbocycles. The van der Waals surface area contributed by atoms with Gasteiger partial charge in [-0.2, -0.15) is 0 Å². The zero-order chi connectivity index (χ0) is 23.3. The fraction of sp³-hybridized carbons (Fsp3) is 0.435. The van der Waals surface area contributed by atoms with E-state index in [1.807, 2.05) is 5.01 Å². The van der Waals surface area contributed by atoms with Crippen LogP contribution < -0.4 is 15.8 Å². The normalized spacial score (nSPS) is 19.8. The van der Waals surface area contributed by atoms with E-state index in [0.717, 1.165) is 38.2 Å². The highest BCUT2D eigenvalue weighted by molar-refractivity contribution is 5.99. The third kappa shape index (κ3) is 3.83. The second-order valence-electron chi connectivity index (χ2n) is 8.87. The summed E-state index contributed by atoms with van der Waals surface area (Å²) in [5.41, 5.74) is -1.41. The van der Waals surface area contributed by atoms with Crippen LogP contribution in [0, 0.1) is 17.6 Å². The summed E-state index contributed by atoms with van der Waals surface area (Å²) < 4.78 is 28.4. The van der Waals surface area contributed by atoms with Crippen molar-refractivity contribution in [1.29, 1.82) is 0 Å². The topological polar surface area (TPSA) is 94.9 Å². The lowest BCUT2D eigenvalue weighted by Gasteiger charge is -2.49. The van der Waals surface area contributed by atoms with Crippen LogP contribution in [0.1, 0.15) is 58.5 Å². The number of aromatic nitrogens is 1. The second kappa shape index (κ2) is 8.17. The van der Waals surface area contributed by atoms with Gasteiger partial charge < -0.3 is 15.3 Å². The Bertz CT molecular complexity index is 1190. The van der Waals surface area contributed by atoms with E-state index in [-0.39, 0.29) is 29.5 Å². The molecule has 0 spiro atoms. The van der Waals surface area contributed by atoms with Crippen LogP contribution in [-0.2, 0) is 6.54 Å². The van der Waals surface area contributed by atoms with Gasteiger partial charge in [0.25, 0.3) is 11.8 Å². The Morgan fingerprint density at radius 1 is 1.15 bits per heavy atom. The highest BCUT2D eigenvalue weighted by Gasteiger charge is 2.43. The number of piperidine rings is 1. The Kier molecular flexibility index (Phi) is 5.30. The van der Waals surface area contributed by atoms with Crippen molar-refractivity contribution in [2.24, 2.45) is 5.92 Å². The number of aromatic hydroxyl groups is 1. The molecule has 2 fully saturated rings. The Morgan fingerprint density at radius 3 is 2.67 bits per heavy atom. The molecule has 0 unspecified atom stereocenters. The average molecular weight is 458 g/mol. The molecule has 3 aliphatic rings. The summed E-state index contributed by atoms with van der Waals surface area (Å²) in [5.74, 6) is -3.13. The molecule has 5 rings (SSSR count). The van der Waals surface area contributed by atoms with E-state index in [9.17, 15) is 28.3 Å². The minimum absolute atomic E-state index is 0.0500. The van der Waals surface area contributed by atoms with Crippen molar-refractivity contribution in [3.8, 4) is 5.75 Å². The molecule has 1 aromatic heterocycles. The number of nitrogens with one attached hydrogen (secondary N) is 1. The fourth-order valence-corrected chi connectivity index (χ4v) is 4.61. The molecule has 3 heterocycles. The maximum absolute atomic E-state index is 13.9. The Labute approximate surface area is 188 Å². The molecule has 1 atom stereocenters. The van der Waals surface area contributed by atoms with E-state index in [1.165, 1.54) is 16.9 Å². The number of fused-ring (bicyclic) bond motifs is 3. The van der Waals surface area contributed by atoms with Gasteiger partial charge in [0.15, 0.2) is 11.4 Å². The molecular formula is C23H24F2N4O4. The number of rotatable bonds is 5. The molecule has 0 radical (unpaired) electrons. The van der Waals surface area contributed by atoms with Gasteiger partial charge in [-0.05, 0) is 44.1 Å². The molecule has 2 aliphatic heterocycles. The quantitative estimate of drug-likeness (QED) is 0.716. The number of carbonyl (C=O) groups is 2. The predicted molar refractivity (Wildman–Crippen MR) is 114 cm³/mol. The van der Waals surface area contributed by atoms with Crippen molar-refractivity contribution < 1.29 is 23.5 Å².